The third-order valence-electron chi connectivity index (χ3n) is 1.83. The van der Waals surface area contributed by atoms with Crippen molar-refractivity contribution in [1.82, 2.24) is 4.90 Å². The van der Waals surface area contributed by atoms with Gasteiger partial charge in [0.25, 0.3) is 0 Å². The highest BCUT2D eigenvalue weighted by atomic mass is 16.6. The van der Waals surface area contributed by atoms with E-state index < -0.39 is 11.7 Å². The molecule has 4 nitrogen and oxygen atoms in total. The predicted octanol–water partition coefficient (Wildman–Crippen LogP) is 2.55. The molecule has 0 aromatic rings. The summed E-state index contributed by atoms with van der Waals surface area (Å²) >= 11 is 0. The van der Waals surface area contributed by atoms with E-state index in [0.717, 1.165) is 0 Å². The quantitative estimate of drug-likeness (QED) is 0.528. The molecule has 0 bridgehead atoms. The molecular weight excluding hydrogens is 218 g/mol. The topological polar surface area (TPSA) is 46.6 Å². The predicted molar refractivity (Wildman–Crippen MR) is 67.8 cm³/mol. The van der Waals surface area contributed by atoms with E-state index in [1.165, 1.54) is 11.0 Å². The molecule has 0 spiro atoms. The molecular formula is C13H21NO3. The number of ketones is 1. The fourth-order valence-corrected chi connectivity index (χ4v) is 1.06. The largest absolute Gasteiger partial charge is 0.444 e. The van der Waals surface area contributed by atoms with E-state index in [0.29, 0.717) is 13.0 Å². The van der Waals surface area contributed by atoms with Crippen LogP contribution in [0.15, 0.2) is 25.3 Å². The van der Waals surface area contributed by atoms with Gasteiger partial charge in [-0.25, -0.2) is 4.79 Å². The summed E-state index contributed by atoms with van der Waals surface area (Å²) in [7, 11) is 0. The zero-order chi connectivity index (χ0) is 13.5. The van der Waals surface area contributed by atoms with Crippen LogP contribution in [0, 0.1) is 0 Å². The Morgan fingerprint density at radius 3 is 2.29 bits per heavy atom. The first-order chi connectivity index (χ1) is 7.80. The van der Waals surface area contributed by atoms with Crippen molar-refractivity contribution in [2.45, 2.75) is 32.8 Å². The van der Waals surface area contributed by atoms with Crippen LogP contribution in [-0.4, -0.2) is 35.5 Å². The summed E-state index contributed by atoms with van der Waals surface area (Å²) in [6.07, 6.45) is 3.01. The summed E-state index contributed by atoms with van der Waals surface area (Å²) in [6.45, 7) is 12.7. The fraction of sp³-hybridized carbons (Fsp3) is 0.538. The second-order valence-electron chi connectivity index (χ2n) is 4.65. The molecule has 0 heterocycles. The summed E-state index contributed by atoms with van der Waals surface area (Å²) in [5.41, 5.74) is -0.569. The Labute approximate surface area is 103 Å². The highest BCUT2D eigenvalue weighted by molar-refractivity contribution is 5.92. The Morgan fingerprint density at radius 1 is 1.29 bits per heavy atom. The number of nitrogens with zero attached hydrogens (tertiary/aromatic N) is 1. The average molecular weight is 239 g/mol. The summed E-state index contributed by atoms with van der Waals surface area (Å²) in [5, 5.41) is 0. The Kier molecular flexibility index (Phi) is 6.25. The van der Waals surface area contributed by atoms with E-state index in [1.54, 1.807) is 26.8 Å². The van der Waals surface area contributed by atoms with Gasteiger partial charge in [-0.2, -0.15) is 0 Å². The Balaban J connectivity index is 4.54. The van der Waals surface area contributed by atoms with Gasteiger partial charge in [0.05, 0.1) is 6.54 Å². The molecule has 0 atom stereocenters. The third-order valence-corrected chi connectivity index (χ3v) is 1.83. The van der Waals surface area contributed by atoms with Gasteiger partial charge in [-0.1, -0.05) is 12.7 Å². The van der Waals surface area contributed by atoms with Crippen molar-refractivity contribution < 1.29 is 14.3 Å². The van der Waals surface area contributed by atoms with Gasteiger partial charge in [-0.05, 0) is 33.3 Å². The maximum Gasteiger partial charge on any atom is 0.410 e. The Morgan fingerprint density at radius 2 is 1.88 bits per heavy atom. The molecule has 0 aliphatic heterocycles. The lowest BCUT2D eigenvalue weighted by Gasteiger charge is -2.26. The van der Waals surface area contributed by atoms with Crippen LogP contribution in [-0.2, 0) is 9.53 Å². The monoisotopic (exact) mass is 239 g/mol. The molecule has 4 heteroatoms. The number of carbonyl (C=O) groups is 2. The Hall–Kier alpha value is -1.58. The molecule has 0 aliphatic carbocycles. The molecule has 96 valence electrons. The van der Waals surface area contributed by atoms with Crippen LogP contribution in [0.25, 0.3) is 0 Å². The van der Waals surface area contributed by atoms with Crippen LogP contribution in [0.2, 0.25) is 0 Å². The van der Waals surface area contributed by atoms with Crippen molar-refractivity contribution in [2.75, 3.05) is 13.1 Å². The van der Waals surface area contributed by atoms with Crippen molar-refractivity contribution in [3.05, 3.63) is 25.3 Å². The van der Waals surface area contributed by atoms with Gasteiger partial charge in [-0.15, -0.1) is 6.58 Å². The SMILES string of the molecule is C=CCCN(CC(=O)C=C)C(=O)OC(C)(C)C. The fourth-order valence-electron chi connectivity index (χ4n) is 1.06. The molecule has 0 aliphatic rings. The zero-order valence-electron chi connectivity index (χ0n) is 10.9. The van der Waals surface area contributed by atoms with E-state index in [2.05, 4.69) is 13.2 Å². The lowest BCUT2D eigenvalue weighted by molar-refractivity contribution is -0.115. The van der Waals surface area contributed by atoms with Crippen molar-refractivity contribution >= 4 is 11.9 Å². The number of carbonyl (C=O) groups excluding carboxylic acids is 2. The zero-order valence-corrected chi connectivity index (χ0v) is 10.9. The summed E-state index contributed by atoms with van der Waals surface area (Å²) in [6, 6.07) is 0. The van der Waals surface area contributed by atoms with Crippen LogP contribution < -0.4 is 0 Å². The molecule has 0 saturated carbocycles. The molecule has 0 unspecified atom stereocenters. The molecule has 0 aromatic heterocycles. The first-order valence-corrected chi connectivity index (χ1v) is 5.54. The number of ether oxygens (including phenoxy) is 1. The molecule has 1 amide bonds. The van der Waals surface area contributed by atoms with E-state index in [1.807, 2.05) is 0 Å². The maximum atomic E-state index is 11.8. The number of hydrogen-bond donors (Lipinski definition) is 0. The first-order valence-electron chi connectivity index (χ1n) is 5.54. The normalized spacial score (nSPS) is 10.5. The van der Waals surface area contributed by atoms with Gasteiger partial charge in [0.15, 0.2) is 5.78 Å². The van der Waals surface area contributed by atoms with Gasteiger partial charge < -0.3 is 9.64 Å². The van der Waals surface area contributed by atoms with Crippen LogP contribution in [0.4, 0.5) is 4.79 Å². The van der Waals surface area contributed by atoms with E-state index >= 15 is 0 Å². The Bertz CT molecular complexity index is 302. The van der Waals surface area contributed by atoms with Gasteiger partial charge in [0.1, 0.15) is 5.60 Å². The number of hydrogen-bond acceptors (Lipinski definition) is 3. The van der Waals surface area contributed by atoms with E-state index in [9.17, 15) is 9.59 Å². The summed E-state index contributed by atoms with van der Waals surface area (Å²) < 4.78 is 5.21. The second-order valence-corrected chi connectivity index (χ2v) is 4.65. The minimum absolute atomic E-state index is 0.00769. The first kappa shape index (κ1) is 15.4. The minimum Gasteiger partial charge on any atom is -0.444 e. The number of rotatable bonds is 6. The van der Waals surface area contributed by atoms with Crippen molar-refractivity contribution in [3.8, 4) is 0 Å². The highest BCUT2D eigenvalue weighted by Gasteiger charge is 2.22. The molecule has 0 N–H and O–H groups in total. The lowest BCUT2D eigenvalue weighted by atomic mass is 10.2. The molecule has 17 heavy (non-hydrogen) atoms. The lowest BCUT2D eigenvalue weighted by Crippen LogP contribution is -2.40. The molecule has 0 aromatic carbocycles. The highest BCUT2D eigenvalue weighted by Crippen LogP contribution is 2.10. The van der Waals surface area contributed by atoms with E-state index in [4.69, 9.17) is 4.74 Å². The standard InChI is InChI=1S/C13H21NO3/c1-6-8-9-14(10-11(15)7-2)12(16)17-13(3,4)5/h6-7H,1-2,8-10H2,3-5H3. The third kappa shape index (κ3) is 7.33. The maximum absolute atomic E-state index is 11.8. The van der Waals surface area contributed by atoms with Crippen LogP contribution in [0.3, 0.4) is 0 Å². The summed E-state index contributed by atoms with van der Waals surface area (Å²) in [5.74, 6) is -0.208. The molecule has 0 radical (unpaired) electrons. The summed E-state index contributed by atoms with van der Waals surface area (Å²) in [4.78, 5) is 24.4. The molecule has 0 saturated heterocycles. The van der Waals surface area contributed by atoms with E-state index in [-0.39, 0.29) is 12.3 Å². The van der Waals surface area contributed by atoms with Crippen LogP contribution in [0.5, 0.6) is 0 Å². The van der Waals surface area contributed by atoms with Crippen LogP contribution in [0.1, 0.15) is 27.2 Å². The van der Waals surface area contributed by atoms with Crippen molar-refractivity contribution in [3.63, 3.8) is 0 Å². The van der Waals surface area contributed by atoms with Gasteiger partial charge in [0, 0.05) is 6.54 Å². The molecule has 0 rings (SSSR count). The van der Waals surface area contributed by atoms with Gasteiger partial charge in [-0.3, -0.25) is 4.79 Å². The number of amides is 1. The average Bonchev–Trinajstić information content (AvgIpc) is 2.21. The smallest absolute Gasteiger partial charge is 0.410 e. The van der Waals surface area contributed by atoms with Crippen molar-refractivity contribution in [2.24, 2.45) is 0 Å². The minimum atomic E-state index is -0.569. The van der Waals surface area contributed by atoms with Crippen LogP contribution >= 0.6 is 0 Å². The van der Waals surface area contributed by atoms with Crippen molar-refractivity contribution in [1.29, 1.82) is 0 Å². The second kappa shape index (κ2) is 6.89. The van der Waals surface area contributed by atoms with Gasteiger partial charge >= 0.3 is 6.09 Å². The van der Waals surface area contributed by atoms with Gasteiger partial charge in [0.2, 0.25) is 0 Å². The molecule has 0 fully saturated rings.